The average Bonchev–Trinajstić information content (AvgIpc) is 3.14. The van der Waals surface area contributed by atoms with Gasteiger partial charge in [-0.15, -0.1) is 0 Å². The first-order valence-electron chi connectivity index (χ1n) is 8.11. The molecule has 0 unspecified atom stereocenters. The number of carboxylic acids is 1. The molecule has 1 aromatic carbocycles. The highest BCUT2D eigenvalue weighted by Gasteiger charge is 2.31. The fourth-order valence-electron chi connectivity index (χ4n) is 3.25. The van der Waals surface area contributed by atoms with E-state index in [4.69, 9.17) is 5.11 Å². The Bertz CT molecular complexity index is 782. The molecule has 126 valence electrons. The lowest BCUT2D eigenvalue weighted by molar-refractivity contribution is -0.141. The van der Waals surface area contributed by atoms with Crippen LogP contribution in [0.2, 0.25) is 0 Å². The van der Waals surface area contributed by atoms with Gasteiger partial charge in [0.15, 0.2) is 0 Å². The van der Waals surface area contributed by atoms with E-state index in [1.165, 1.54) is 0 Å². The van der Waals surface area contributed by atoms with Crippen LogP contribution in [-0.2, 0) is 4.79 Å². The molecule has 1 aliphatic carbocycles. The van der Waals surface area contributed by atoms with E-state index in [0.717, 1.165) is 16.9 Å². The van der Waals surface area contributed by atoms with Crippen LogP contribution in [0, 0.1) is 19.8 Å². The number of hydrogen-bond acceptors (Lipinski definition) is 3. The van der Waals surface area contributed by atoms with E-state index in [-0.39, 0.29) is 17.9 Å². The summed E-state index contributed by atoms with van der Waals surface area (Å²) < 4.78 is 1.75. The topological polar surface area (TPSA) is 84.2 Å². The SMILES string of the molecule is Cc1cccc(-n2ncc(C(=O)N[C@H]3CC[C@@H](C(=O)O)C3)c2C)c1. The summed E-state index contributed by atoms with van der Waals surface area (Å²) in [6.07, 6.45) is 3.37. The van der Waals surface area contributed by atoms with Gasteiger partial charge < -0.3 is 10.4 Å². The molecule has 1 aromatic heterocycles. The number of hydrogen-bond donors (Lipinski definition) is 2. The quantitative estimate of drug-likeness (QED) is 0.903. The number of aromatic nitrogens is 2. The van der Waals surface area contributed by atoms with Crippen molar-refractivity contribution >= 4 is 11.9 Å². The highest BCUT2D eigenvalue weighted by molar-refractivity contribution is 5.95. The van der Waals surface area contributed by atoms with Crippen molar-refractivity contribution in [2.75, 3.05) is 0 Å². The maximum Gasteiger partial charge on any atom is 0.306 e. The van der Waals surface area contributed by atoms with Gasteiger partial charge in [0, 0.05) is 6.04 Å². The summed E-state index contributed by atoms with van der Waals surface area (Å²) in [5.74, 6) is -1.33. The average molecular weight is 327 g/mol. The van der Waals surface area contributed by atoms with Crippen molar-refractivity contribution < 1.29 is 14.7 Å². The molecule has 6 heteroatoms. The van der Waals surface area contributed by atoms with Crippen molar-refractivity contribution in [2.45, 2.75) is 39.2 Å². The first-order chi connectivity index (χ1) is 11.5. The number of rotatable bonds is 4. The van der Waals surface area contributed by atoms with Gasteiger partial charge in [-0.25, -0.2) is 4.68 Å². The van der Waals surface area contributed by atoms with Crippen molar-refractivity contribution in [3.63, 3.8) is 0 Å². The first kappa shape index (κ1) is 16.2. The Balaban J connectivity index is 1.74. The van der Waals surface area contributed by atoms with Crippen molar-refractivity contribution in [2.24, 2.45) is 5.92 Å². The van der Waals surface area contributed by atoms with Crippen molar-refractivity contribution in [3.8, 4) is 5.69 Å². The molecule has 1 amide bonds. The minimum Gasteiger partial charge on any atom is -0.481 e. The standard InChI is InChI=1S/C18H21N3O3/c1-11-4-3-5-15(8-11)21-12(2)16(10-19-21)17(22)20-14-7-6-13(9-14)18(23)24/h3-5,8,10,13-14H,6-7,9H2,1-2H3,(H,20,22)(H,23,24)/t13-,14+/m1/s1. The maximum absolute atomic E-state index is 12.5. The van der Waals surface area contributed by atoms with Gasteiger partial charge >= 0.3 is 5.97 Å². The second-order valence-corrected chi connectivity index (χ2v) is 6.41. The zero-order valence-corrected chi connectivity index (χ0v) is 13.8. The van der Waals surface area contributed by atoms with Gasteiger partial charge in [0.05, 0.1) is 29.1 Å². The fraction of sp³-hybridized carbons (Fsp3) is 0.389. The Kier molecular flexibility index (Phi) is 4.38. The maximum atomic E-state index is 12.5. The summed E-state index contributed by atoms with van der Waals surface area (Å²) in [7, 11) is 0. The van der Waals surface area contributed by atoms with Crippen molar-refractivity contribution in [1.82, 2.24) is 15.1 Å². The first-order valence-corrected chi connectivity index (χ1v) is 8.11. The zero-order valence-electron chi connectivity index (χ0n) is 13.8. The molecule has 1 saturated carbocycles. The van der Waals surface area contributed by atoms with Gasteiger partial charge in [-0.1, -0.05) is 12.1 Å². The van der Waals surface area contributed by atoms with Crippen LogP contribution >= 0.6 is 0 Å². The Labute approximate surface area is 140 Å². The van der Waals surface area contributed by atoms with Crippen LogP contribution < -0.4 is 5.32 Å². The van der Waals surface area contributed by atoms with Crippen LogP contribution in [0.1, 0.15) is 40.9 Å². The molecule has 0 saturated heterocycles. The lowest BCUT2D eigenvalue weighted by atomic mass is 10.1. The number of aryl methyl sites for hydroxylation is 1. The Morgan fingerprint density at radius 2 is 2.08 bits per heavy atom. The summed E-state index contributed by atoms with van der Waals surface area (Å²) in [6.45, 7) is 3.87. The number of aliphatic carboxylic acids is 1. The Hall–Kier alpha value is -2.63. The lowest BCUT2D eigenvalue weighted by Gasteiger charge is -2.12. The number of nitrogens with zero attached hydrogens (tertiary/aromatic N) is 2. The number of carboxylic acid groups (broad SMARTS) is 1. The third-order valence-electron chi connectivity index (χ3n) is 4.62. The van der Waals surface area contributed by atoms with E-state index in [9.17, 15) is 9.59 Å². The molecule has 0 radical (unpaired) electrons. The summed E-state index contributed by atoms with van der Waals surface area (Å²) in [5, 5.41) is 16.3. The third kappa shape index (κ3) is 3.18. The number of carbonyl (C=O) groups is 2. The lowest BCUT2D eigenvalue weighted by Crippen LogP contribution is -2.33. The molecule has 1 heterocycles. The number of amides is 1. The van der Waals surface area contributed by atoms with E-state index in [1.54, 1.807) is 10.9 Å². The second-order valence-electron chi connectivity index (χ2n) is 6.41. The molecule has 1 aliphatic rings. The molecule has 0 aliphatic heterocycles. The molecule has 24 heavy (non-hydrogen) atoms. The zero-order chi connectivity index (χ0) is 17.3. The van der Waals surface area contributed by atoms with Crippen LogP contribution in [0.5, 0.6) is 0 Å². The van der Waals surface area contributed by atoms with Crippen LogP contribution in [0.15, 0.2) is 30.5 Å². The highest BCUT2D eigenvalue weighted by Crippen LogP contribution is 2.26. The number of nitrogens with one attached hydrogen (secondary N) is 1. The van der Waals surface area contributed by atoms with Gasteiger partial charge in [0.2, 0.25) is 0 Å². The summed E-state index contributed by atoms with van der Waals surface area (Å²) in [6, 6.07) is 7.84. The van der Waals surface area contributed by atoms with E-state index in [0.29, 0.717) is 24.8 Å². The van der Waals surface area contributed by atoms with Gasteiger partial charge in [0.1, 0.15) is 0 Å². The van der Waals surface area contributed by atoms with Gasteiger partial charge in [-0.05, 0) is 50.8 Å². The Morgan fingerprint density at radius 3 is 2.75 bits per heavy atom. The van der Waals surface area contributed by atoms with Gasteiger partial charge in [-0.2, -0.15) is 5.10 Å². The molecule has 2 atom stereocenters. The summed E-state index contributed by atoms with van der Waals surface area (Å²) in [5.41, 5.74) is 3.33. The molecule has 0 bridgehead atoms. The monoisotopic (exact) mass is 327 g/mol. The predicted octanol–water partition coefficient (Wildman–Crippen LogP) is 2.47. The summed E-state index contributed by atoms with van der Waals surface area (Å²) in [4.78, 5) is 23.5. The molecule has 6 nitrogen and oxygen atoms in total. The fourth-order valence-corrected chi connectivity index (χ4v) is 3.25. The second kappa shape index (κ2) is 6.47. The molecular weight excluding hydrogens is 306 g/mol. The van der Waals surface area contributed by atoms with E-state index in [2.05, 4.69) is 10.4 Å². The van der Waals surface area contributed by atoms with Crippen LogP contribution in [0.3, 0.4) is 0 Å². The minimum absolute atomic E-state index is 0.0830. The number of benzene rings is 1. The molecule has 2 aromatic rings. The molecular formula is C18H21N3O3. The minimum atomic E-state index is -0.782. The summed E-state index contributed by atoms with van der Waals surface area (Å²) >= 11 is 0. The van der Waals surface area contributed by atoms with Crippen LogP contribution in [0.4, 0.5) is 0 Å². The Morgan fingerprint density at radius 1 is 1.29 bits per heavy atom. The van der Waals surface area contributed by atoms with E-state index < -0.39 is 5.97 Å². The predicted molar refractivity (Wildman–Crippen MR) is 89.3 cm³/mol. The van der Waals surface area contributed by atoms with Crippen LogP contribution in [0.25, 0.3) is 5.69 Å². The molecule has 1 fully saturated rings. The molecule has 2 N–H and O–H groups in total. The third-order valence-corrected chi connectivity index (χ3v) is 4.62. The van der Waals surface area contributed by atoms with Crippen molar-refractivity contribution in [3.05, 3.63) is 47.3 Å². The van der Waals surface area contributed by atoms with E-state index in [1.807, 2.05) is 38.1 Å². The highest BCUT2D eigenvalue weighted by atomic mass is 16.4. The molecule has 3 rings (SSSR count). The van der Waals surface area contributed by atoms with Gasteiger partial charge in [0.25, 0.3) is 5.91 Å². The normalized spacial score (nSPS) is 20.1. The largest absolute Gasteiger partial charge is 0.481 e. The molecule has 0 spiro atoms. The smallest absolute Gasteiger partial charge is 0.306 e. The van der Waals surface area contributed by atoms with E-state index >= 15 is 0 Å². The number of carbonyl (C=O) groups excluding carboxylic acids is 1. The van der Waals surface area contributed by atoms with Crippen LogP contribution in [-0.4, -0.2) is 32.8 Å². The van der Waals surface area contributed by atoms with Crippen molar-refractivity contribution in [1.29, 1.82) is 0 Å². The van der Waals surface area contributed by atoms with Gasteiger partial charge in [-0.3, -0.25) is 9.59 Å².